The van der Waals surface area contributed by atoms with Crippen molar-refractivity contribution >= 4 is 34.8 Å². The fourth-order valence-corrected chi connectivity index (χ4v) is 3.85. The first-order valence-corrected chi connectivity index (χ1v) is 11.1. The Morgan fingerprint density at radius 2 is 1.86 bits per heavy atom. The van der Waals surface area contributed by atoms with Crippen molar-refractivity contribution in [2.24, 2.45) is 0 Å². The van der Waals surface area contributed by atoms with Crippen LogP contribution in [0.1, 0.15) is 28.0 Å². The second-order valence-corrected chi connectivity index (χ2v) is 8.12. The normalized spacial score (nSPS) is 13.1. The van der Waals surface area contributed by atoms with Gasteiger partial charge in [-0.15, -0.1) is 0 Å². The number of anilines is 3. The molecule has 0 spiro atoms. The van der Waals surface area contributed by atoms with Crippen LogP contribution in [0.4, 0.5) is 21.9 Å². The van der Waals surface area contributed by atoms with Crippen molar-refractivity contribution in [3.63, 3.8) is 0 Å². The number of carbonyl (C=O) groups excluding carboxylic acids is 2. The molecule has 36 heavy (non-hydrogen) atoms. The van der Waals surface area contributed by atoms with Gasteiger partial charge in [0.15, 0.2) is 11.5 Å². The first-order valence-electron chi connectivity index (χ1n) is 11.1. The van der Waals surface area contributed by atoms with Crippen molar-refractivity contribution in [2.45, 2.75) is 13.3 Å². The minimum atomic E-state index is -1.33. The van der Waals surface area contributed by atoms with Crippen LogP contribution in [0.15, 0.2) is 47.0 Å². The molecule has 0 radical (unpaired) electrons. The number of ether oxygens (including phenoxy) is 1. The van der Waals surface area contributed by atoms with Crippen LogP contribution in [0.5, 0.6) is 0 Å². The van der Waals surface area contributed by atoms with Gasteiger partial charge >= 0.3 is 6.09 Å². The molecule has 11 nitrogen and oxygen atoms in total. The van der Waals surface area contributed by atoms with E-state index in [0.29, 0.717) is 54.6 Å². The number of rotatable bonds is 7. The molecule has 184 valence electrons. The number of Topliss-reactive ketones (excluding diaryl/α,β-unsaturated/α-hetero) is 1. The second kappa shape index (κ2) is 10.7. The maximum atomic E-state index is 12.8. The number of aromatic nitrogens is 1. The molecule has 0 atom stereocenters. The van der Waals surface area contributed by atoms with Gasteiger partial charge in [-0.2, -0.15) is 5.26 Å². The van der Waals surface area contributed by atoms with Gasteiger partial charge in [0.1, 0.15) is 6.07 Å². The summed E-state index contributed by atoms with van der Waals surface area (Å²) in [6.07, 6.45) is -1.82. The number of nitriles is 1. The van der Waals surface area contributed by atoms with Crippen molar-refractivity contribution in [2.75, 3.05) is 41.8 Å². The zero-order chi connectivity index (χ0) is 25.7. The van der Waals surface area contributed by atoms with E-state index in [4.69, 9.17) is 9.26 Å². The molecule has 2 heterocycles. The Kier molecular flexibility index (Phi) is 7.27. The van der Waals surface area contributed by atoms with Crippen LogP contribution in [0.3, 0.4) is 0 Å². The Balaban J connectivity index is 1.53. The minimum Gasteiger partial charge on any atom is -0.465 e. The molecule has 3 N–H and O–H groups in total. The first-order chi connectivity index (χ1) is 17.3. The molecule has 3 aromatic rings. The van der Waals surface area contributed by atoms with Crippen LogP contribution in [-0.2, 0) is 9.53 Å². The van der Waals surface area contributed by atoms with Gasteiger partial charge in [0.2, 0.25) is 5.91 Å². The number of ketones is 1. The third-order valence-corrected chi connectivity index (χ3v) is 5.54. The average molecular weight is 489 g/mol. The van der Waals surface area contributed by atoms with Gasteiger partial charge in [-0.05, 0) is 25.1 Å². The van der Waals surface area contributed by atoms with Crippen molar-refractivity contribution in [1.29, 1.82) is 5.26 Å². The van der Waals surface area contributed by atoms with Crippen LogP contribution in [0.25, 0.3) is 11.3 Å². The highest BCUT2D eigenvalue weighted by molar-refractivity contribution is 6.12. The molecule has 2 amide bonds. The van der Waals surface area contributed by atoms with E-state index in [2.05, 4.69) is 21.9 Å². The molecule has 1 aliphatic rings. The van der Waals surface area contributed by atoms with E-state index in [0.717, 1.165) is 0 Å². The largest absolute Gasteiger partial charge is 0.465 e. The molecule has 1 fully saturated rings. The highest BCUT2D eigenvalue weighted by Gasteiger charge is 2.21. The number of amides is 2. The fraction of sp³-hybridized carbons (Fsp3) is 0.240. The molecule has 0 bridgehead atoms. The summed E-state index contributed by atoms with van der Waals surface area (Å²) in [5.41, 5.74) is 2.60. The van der Waals surface area contributed by atoms with Gasteiger partial charge in [0, 0.05) is 30.3 Å². The zero-order valence-corrected chi connectivity index (χ0v) is 19.4. The van der Waals surface area contributed by atoms with Gasteiger partial charge < -0.3 is 24.6 Å². The highest BCUT2D eigenvalue weighted by atomic mass is 16.5. The summed E-state index contributed by atoms with van der Waals surface area (Å²) in [5, 5.41) is 27.6. The Morgan fingerprint density at radius 3 is 2.53 bits per heavy atom. The molecular formula is C25H23N5O6. The number of hydrogen-bond donors (Lipinski definition) is 3. The number of carbonyl (C=O) groups is 3. The molecule has 11 heteroatoms. The lowest BCUT2D eigenvalue weighted by Gasteiger charge is -2.30. The second-order valence-electron chi connectivity index (χ2n) is 8.12. The molecule has 2 aromatic carbocycles. The minimum absolute atomic E-state index is 0.0784. The quantitative estimate of drug-likeness (QED) is 0.333. The molecule has 0 unspecified atom stereocenters. The van der Waals surface area contributed by atoms with E-state index >= 15 is 0 Å². The number of nitrogens with zero attached hydrogens (tertiary/aromatic N) is 3. The van der Waals surface area contributed by atoms with Crippen molar-refractivity contribution in [1.82, 2.24) is 5.16 Å². The van der Waals surface area contributed by atoms with Crippen LogP contribution in [-0.4, -0.2) is 54.4 Å². The molecule has 1 aliphatic heterocycles. The lowest BCUT2D eigenvalue weighted by Crippen LogP contribution is -2.36. The van der Waals surface area contributed by atoms with Crippen LogP contribution in [0, 0.1) is 18.3 Å². The summed E-state index contributed by atoms with van der Waals surface area (Å²) >= 11 is 0. The van der Waals surface area contributed by atoms with Crippen LogP contribution < -0.4 is 15.5 Å². The van der Waals surface area contributed by atoms with E-state index in [9.17, 15) is 24.8 Å². The molecule has 0 saturated carbocycles. The SMILES string of the molecule is Cc1cc(-c2cccc(C(=O)CC(=O)Nc3cc(C#N)c(N4CCOCC4)cc3NC(=O)O)c2)on1. The standard InChI is InChI=1S/C25H23N5O6/c1-15-9-23(36-29-15)17-4-2-3-16(10-17)22(31)13-24(32)27-19-11-18(14-26)21(12-20(19)28-25(33)34)30-5-7-35-8-6-30/h2-4,9-12,28H,5-8,13H2,1H3,(H,27,32)(H,33,34). The predicted molar refractivity (Wildman–Crippen MR) is 130 cm³/mol. The van der Waals surface area contributed by atoms with Crippen molar-refractivity contribution in [3.8, 4) is 17.4 Å². The maximum Gasteiger partial charge on any atom is 0.409 e. The molecule has 4 rings (SSSR count). The lowest BCUT2D eigenvalue weighted by atomic mass is 10.0. The van der Waals surface area contributed by atoms with Gasteiger partial charge in [-0.1, -0.05) is 23.4 Å². The van der Waals surface area contributed by atoms with E-state index in [-0.39, 0.29) is 16.9 Å². The van der Waals surface area contributed by atoms with Crippen LogP contribution >= 0.6 is 0 Å². The van der Waals surface area contributed by atoms with Gasteiger partial charge in [0.25, 0.3) is 0 Å². The number of carboxylic acid groups (broad SMARTS) is 1. The van der Waals surface area contributed by atoms with Crippen molar-refractivity contribution in [3.05, 3.63) is 59.3 Å². The number of morpholine rings is 1. The summed E-state index contributed by atoms with van der Waals surface area (Å²) in [6, 6.07) is 13.4. The van der Waals surface area contributed by atoms with E-state index < -0.39 is 24.2 Å². The van der Waals surface area contributed by atoms with E-state index in [1.54, 1.807) is 37.3 Å². The highest BCUT2D eigenvalue weighted by Crippen LogP contribution is 2.32. The van der Waals surface area contributed by atoms with Crippen LogP contribution in [0.2, 0.25) is 0 Å². The summed E-state index contributed by atoms with van der Waals surface area (Å²) in [6.45, 7) is 3.81. The van der Waals surface area contributed by atoms with E-state index in [1.807, 2.05) is 4.90 Å². The zero-order valence-electron chi connectivity index (χ0n) is 19.4. The smallest absolute Gasteiger partial charge is 0.409 e. The molecule has 1 aromatic heterocycles. The number of nitrogens with one attached hydrogen (secondary N) is 2. The van der Waals surface area contributed by atoms with Gasteiger partial charge in [-0.25, -0.2) is 4.79 Å². The summed E-state index contributed by atoms with van der Waals surface area (Å²) in [5.74, 6) is -0.596. The Hall–Kier alpha value is -4.69. The predicted octanol–water partition coefficient (Wildman–Crippen LogP) is 3.66. The van der Waals surface area contributed by atoms with Gasteiger partial charge in [-0.3, -0.25) is 14.9 Å². The Morgan fingerprint density at radius 1 is 1.11 bits per heavy atom. The third kappa shape index (κ3) is 5.68. The fourth-order valence-electron chi connectivity index (χ4n) is 3.85. The first kappa shape index (κ1) is 24.4. The Labute approximate surface area is 206 Å². The van der Waals surface area contributed by atoms with Crippen molar-refractivity contribution < 1.29 is 28.8 Å². The summed E-state index contributed by atoms with van der Waals surface area (Å²) < 4.78 is 10.6. The lowest BCUT2D eigenvalue weighted by molar-refractivity contribution is -0.115. The molecular weight excluding hydrogens is 466 g/mol. The topological polar surface area (TPSA) is 158 Å². The summed E-state index contributed by atoms with van der Waals surface area (Å²) in [4.78, 5) is 38.8. The van der Waals surface area contributed by atoms with E-state index in [1.165, 1.54) is 12.1 Å². The maximum absolute atomic E-state index is 12.8. The number of hydrogen-bond acceptors (Lipinski definition) is 8. The summed E-state index contributed by atoms with van der Waals surface area (Å²) in [7, 11) is 0. The van der Waals surface area contributed by atoms with Gasteiger partial charge in [0.05, 0.1) is 48.0 Å². The third-order valence-electron chi connectivity index (χ3n) is 5.54. The molecule has 0 aliphatic carbocycles. The molecule has 1 saturated heterocycles. The number of benzene rings is 2. The number of aryl methyl sites for hydroxylation is 1. The average Bonchev–Trinajstić information content (AvgIpc) is 3.31. The Bertz CT molecular complexity index is 1350. The monoisotopic (exact) mass is 489 g/mol.